The molecule has 2 aromatic rings. The van der Waals surface area contributed by atoms with Crippen molar-refractivity contribution in [3.05, 3.63) is 65.0 Å². The van der Waals surface area contributed by atoms with Gasteiger partial charge in [-0.25, -0.2) is 9.38 Å². The summed E-state index contributed by atoms with van der Waals surface area (Å²) in [6.45, 7) is 2.59. The number of aliphatic imine (C=N–C) groups is 1. The molecule has 0 atom stereocenters. The molecule has 0 aliphatic heterocycles. The van der Waals surface area contributed by atoms with Gasteiger partial charge in [0.25, 0.3) is 0 Å². The number of nitrogens with zero attached hydrogens (tertiary/aromatic N) is 2. The number of hydrogen-bond donors (Lipinski definition) is 2. The van der Waals surface area contributed by atoms with E-state index in [1.54, 1.807) is 18.2 Å². The average Bonchev–Trinajstić information content (AvgIpc) is 2.70. The van der Waals surface area contributed by atoms with Crippen LogP contribution in [0, 0.1) is 5.82 Å². The highest BCUT2D eigenvalue weighted by atomic mass is 19.4. The number of benzene rings is 2. The van der Waals surface area contributed by atoms with Gasteiger partial charge in [-0.05, 0) is 56.4 Å². The van der Waals surface area contributed by atoms with E-state index in [0.29, 0.717) is 37.7 Å². The van der Waals surface area contributed by atoms with Gasteiger partial charge in [-0.2, -0.15) is 13.2 Å². The zero-order valence-electron chi connectivity index (χ0n) is 17.9. The van der Waals surface area contributed by atoms with Crippen LogP contribution < -0.4 is 15.4 Å². The zero-order valence-corrected chi connectivity index (χ0v) is 17.9. The van der Waals surface area contributed by atoms with E-state index in [0.717, 1.165) is 11.1 Å². The largest absolute Gasteiger partial charge is 0.484 e. The summed E-state index contributed by atoms with van der Waals surface area (Å²) in [5.74, 6) is 0.499. The molecule has 0 saturated heterocycles. The van der Waals surface area contributed by atoms with Crippen LogP contribution in [-0.4, -0.2) is 44.3 Å². The average molecular weight is 440 g/mol. The molecular formula is C22H28F4N4O. The lowest BCUT2D eigenvalue weighted by Crippen LogP contribution is -2.36. The molecule has 0 spiro atoms. The summed E-state index contributed by atoms with van der Waals surface area (Å²) in [5.41, 5.74) is 2.37. The van der Waals surface area contributed by atoms with Crippen LogP contribution in [0.2, 0.25) is 0 Å². The Hall–Kier alpha value is -2.81. The highest BCUT2D eigenvalue weighted by Crippen LogP contribution is 2.19. The highest BCUT2D eigenvalue weighted by Gasteiger charge is 2.28. The van der Waals surface area contributed by atoms with Crippen molar-refractivity contribution in [2.45, 2.75) is 32.7 Å². The fourth-order valence-electron chi connectivity index (χ4n) is 2.75. The lowest BCUT2D eigenvalue weighted by atomic mass is 10.1. The van der Waals surface area contributed by atoms with Crippen molar-refractivity contribution in [1.29, 1.82) is 0 Å². The van der Waals surface area contributed by atoms with Crippen molar-refractivity contribution < 1.29 is 22.3 Å². The lowest BCUT2D eigenvalue weighted by Gasteiger charge is -2.13. The minimum absolute atomic E-state index is 0.159. The molecule has 0 heterocycles. The summed E-state index contributed by atoms with van der Waals surface area (Å²) < 4.78 is 55.3. The number of rotatable bonds is 9. The molecule has 0 amide bonds. The van der Waals surface area contributed by atoms with Gasteiger partial charge >= 0.3 is 6.18 Å². The third kappa shape index (κ3) is 9.25. The highest BCUT2D eigenvalue weighted by molar-refractivity contribution is 5.79. The molecule has 2 aromatic carbocycles. The Morgan fingerprint density at radius 1 is 1.03 bits per heavy atom. The van der Waals surface area contributed by atoms with Gasteiger partial charge in [0.05, 0.1) is 6.54 Å². The van der Waals surface area contributed by atoms with Crippen molar-refractivity contribution in [1.82, 2.24) is 15.5 Å². The standard InChI is InChI=1S/C22H28F4N4O/c1-4-27-21(29-13-17-7-10-20(23)18(11-17)14-30(2)3)28-12-16-5-8-19(9-6-16)31-15-22(24,25)26/h5-11H,4,12-15H2,1-3H3,(H2,27,28,29). The second-order valence-electron chi connectivity index (χ2n) is 7.26. The Bertz CT molecular complexity index is 852. The maximum atomic E-state index is 13.9. The van der Waals surface area contributed by atoms with Crippen molar-refractivity contribution >= 4 is 5.96 Å². The predicted molar refractivity (Wildman–Crippen MR) is 113 cm³/mol. The SMILES string of the molecule is CCNC(=NCc1ccc(F)c(CN(C)C)c1)NCc1ccc(OCC(F)(F)F)cc1. The van der Waals surface area contributed by atoms with Crippen LogP contribution >= 0.6 is 0 Å². The summed E-state index contributed by atoms with van der Waals surface area (Å²) in [7, 11) is 3.76. The second-order valence-corrected chi connectivity index (χ2v) is 7.26. The number of ether oxygens (including phenoxy) is 1. The van der Waals surface area contributed by atoms with E-state index < -0.39 is 12.8 Å². The lowest BCUT2D eigenvalue weighted by molar-refractivity contribution is -0.153. The maximum absolute atomic E-state index is 13.9. The number of alkyl halides is 3. The quantitative estimate of drug-likeness (QED) is 0.351. The number of hydrogen-bond acceptors (Lipinski definition) is 3. The van der Waals surface area contributed by atoms with Crippen LogP contribution in [0.15, 0.2) is 47.5 Å². The Morgan fingerprint density at radius 2 is 1.71 bits per heavy atom. The number of guanidine groups is 1. The Balaban J connectivity index is 1.96. The first-order valence-electron chi connectivity index (χ1n) is 9.89. The van der Waals surface area contributed by atoms with Gasteiger partial charge in [-0.15, -0.1) is 0 Å². The van der Waals surface area contributed by atoms with Crippen LogP contribution in [0.4, 0.5) is 17.6 Å². The molecule has 0 fully saturated rings. The third-order valence-corrected chi connectivity index (χ3v) is 4.15. The molecule has 9 heteroatoms. The minimum atomic E-state index is -4.37. The Kier molecular flexibility index (Phi) is 9.11. The molecular weight excluding hydrogens is 412 g/mol. The Morgan fingerprint density at radius 3 is 2.32 bits per heavy atom. The molecule has 170 valence electrons. The summed E-state index contributed by atoms with van der Waals surface area (Å²) in [5, 5.41) is 6.31. The molecule has 0 aliphatic carbocycles. The van der Waals surface area contributed by atoms with Gasteiger partial charge in [-0.3, -0.25) is 0 Å². The van der Waals surface area contributed by atoms with Gasteiger partial charge < -0.3 is 20.3 Å². The minimum Gasteiger partial charge on any atom is -0.484 e. The van der Waals surface area contributed by atoms with Crippen molar-refractivity contribution in [3.63, 3.8) is 0 Å². The zero-order chi connectivity index (χ0) is 22.9. The molecule has 5 nitrogen and oxygen atoms in total. The summed E-state index contributed by atoms with van der Waals surface area (Å²) in [6.07, 6.45) is -4.37. The van der Waals surface area contributed by atoms with Crippen LogP contribution in [-0.2, 0) is 19.6 Å². The maximum Gasteiger partial charge on any atom is 0.422 e. The van der Waals surface area contributed by atoms with E-state index in [1.807, 2.05) is 32.0 Å². The first kappa shape index (κ1) is 24.5. The molecule has 0 radical (unpaired) electrons. The van der Waals surface area contributed by atoms with Gasteiger partial charge in [-0.1, -0.05) is 18.2 Å². The summed E-state index contributed by atoms with van der Waals surface area (Å²) >= 11 is 0. The molecule has 0 unspecified atom stereocenters. The van der Waals surface area contributed by atoms with E-state index in [2.05, 4.69) is 15.6 Å². The van der Waals surface area contributed by atoms with Crippen LogP contribution in [0.25, 0.3) is 0 Å². The molecule has 0 saturated carbocycles. The van der Waals surface area contributed by atoms with Gasteiger partial charge in [0.2, 0.25) is 0 Å². The molecule has 31 heavy (non-hydrogen) atoms. The normalized spacial score (nSPS) is 12.2. The summed E-state index contributed by atoms with van der Waals surface area (Å²) in [4.78, 5) is 6.43. The van der Waals surface area contributed by atoms with E-state index in [9.17, 15) is 17.6 Å². The van der Waals surface area contributed by atoms with E-state index in [4.69, 9.17) is 4.74 Å². The monoisotopic (exact) mass is 440 g/mol. The van der Waals surface area contributed by atoms with Crippen molar-refractivity contribution in [2.75, 3.05) is 27.2 Å². The number of nitrogens with one attached hydrogen (secondary N) is 2. The third-order valence-electron chi connectivity index (χ3n) is 4.15. The van der Waals surface area contributed by atoms with Gasteiger partial charge in [0.1, 0.15) is 11.6 Å². The first-order valence-corrected chi connectivity index (χ1v) is 9.89. The molecule has 0 bridgehead atoms. The smallest absolute Gasteiger partial charge is 0.422 e. The Labute approximate surface area is 180 Å². The fraction of sp³-hybridized carbons (Fsp3) is 0.409. The van der Waals surface area contributed by atoms with Gasteiger partial charge in [0.15, 0.2) is 12.6 Å². The van der Waals surface area contributed by atoms with Crippen molar-refractivity contribution in [2.24, 2.45) is 4.99 Å². The van der Waals surface area contributed by atoms with E-state index >= 15 is 0 Å². The molecule has 2 N–H and O–H groups in total. The van der Waals surface area contributed by atoms with E-state index in [1.165, 1.54) is 18.2 Å². The molecule has 0 aliphatic rings. The summed E-state index contributed by atoms with van der Waals surface area (Å²) in [6, 6.07) is 11.3. The first-order chi connectivity index (χ1) is 14.7. The van der Waals surface area contributed by atoms with E-state index in [-0.39, 0.29) is 11.6 Å². The topological polar surface area (TPSA) is 48.9 Å². The van der Waals surface area contributed by atoms with Crippen LogP contribution in [0.5, 0.6) is 5.75 Å². The number of halogens is 4. The molecule has 0 aromatic heterocycles. The van der Waals surface area contributed by atoms with Crippen LogP contribution in [0.1, 0.15) is 23.6 Å². The van der Waals surface area contributed by atoms with Crippen LogP contribution in [0.3, 0.4) is 0 Å². The molecule has 2 rings (SSSR count). The predicted octanol–water partition coefficient (Wildman–Crippen LogP) is 4.08. The fourth-order valence-corrected chi connectivity index (χ4v) is 2.75. The van der Waals surface area contributed by atoms with Crippen molar-refractivity contribution in [3.8, 4) is 5.75 Å². The van der Waals surface area contributed by atoms with Gasteiger partial charge in [0, 0.05) is 25.2 Å². The second kappa shape index (κ2) is 11.5.